The normalized spacial score (nSPS) is 23.3. The second-order valence-electron chi connectivity index (χ2n) is 5.52. The predicted octanol–water partition coefficient (Wildman–Crippen LogP) is 2.44. The Morgan fingerprint density at radius 1 is 1.26 bits per heavy atom. The van der Waals surface area contributed by atoms with Crippen molar-refractivity contribution in [1.82, 2.24) is 5.32 Å². The highest BCUT2D eigenvalue weighted by atomic mass is 16.5. The largest absolute Gasteiger partial charge is 0.496 e. The lowest BCUT2D eigenvalue weighted by molar-refractivity contribution is 0.117. The van der Waals surface area contributed by atoms with Gasteiger partial charge in [0.2, 0.25) is 0 Å². The van der Waals surface area contributed by atoms with Crippen LogP contribution in [0.3, 0.4) is 0 Å². The summed E-state index contributed by atoms with van der Waals surface area (Å²) in [5.41, 5.74) is 2.54. The molecule has 1 aromatic rings. The molecule has 106 valence electrons. The van der Waals surface area contributed by atoms with Crippen LogP contribution in [0.5, 0.6) is 5.75 Å². The van der Waals surface area contributed by atoms with Gasteiger partial charge in [0.1, 0.15) is 5.75 Å². The van der Waals surface area contributed by atoms with Gasteiger partial charge in [-0.05, 0) is 57.2 Å². The average Bonchev–Trinajstić information content (AvgIpc) is 2.41. The summed E-state index contributed by atoms with van der Waals surface area (Å²) in [6.45, 7) is 3.08. The molecule has 0 saturated heterocycles. The van der Waals surface area contributed by atoms with Crippen LogP contribution in [0, 0.1) is 6.92 Å². The van der Waals surface area contributed by atoms with Crippen LogP contribution >= 0.6 is 0 Å². The van der Waals surface area contributed by atoms with Crippen molar-refractivity contribution in [2.45, 2.75) is 51.2 Å². The second kappa shape index (κ2) is 6.92. The van der Waals surface area contributed by atoms with Crippen LogP contribution < -0.4 is 10.1 Å². The van der Waals surface area contributed by atoms with E-state index in [1.807, 2.05) is 6.07 Å². The third kappa shape index (κ3) is 4.22. The summed E-state index contributed by atoms with van der Waals surface area (Å²) in [5, 5.41) is 13.1. The molecule has 1 saturated carbocycles. The van der Waals surface area contributed by atoms with E-state index in [0.717, 1.165) is 44.4 Å². The van der Waals surface area contributed by atoms with Gasteiger partial charge in [0.15, 0.2) is 0 Å². The van der Waals surface area contributed by atoms with Crippen molar-refractivity contribution in [2.24, 2.45) is 0 Å². The van der Waals surface area contributed by atoms with Crippen molar-refractivity contribution in [3.8, 4) is 5.75 Å². The molecule has 1 fully saturated rings. The number of aryl methyl sites for hydroxylation is 1. The van der Waals surface area contributed by atoms with E-state index in [1.165, 1.54) is 11.1 Å². The Labute approximate surface area is 116 Å². The quantitative estimate of drug-likeness (QED) is 0.857. The highest BCUT2D eigenvalue weighted by Crippen LogP contribution is 2.21. The first kappa shape index (κ1) is 14.4. The molecule has 3 nitrogen and oxygen atoms in total. The van der Waals surface area contributed by atoms with E-state index >= 15 is 0 Å². The summed E-state index contributed by atoms with van der Waals surface area (Å²) in [6.07, 6.45) is 4.97. The van der Waals surface area contributed by atoms with Crippen LogP contribution in [-0.2, 0) is 6.42 Å². The van der Waals surface area contributed by atoms with Gasteiger partial charge in [-0.25, -0.2) is 0 Å². The van der Waals surface area contributed by atoms with Gasteiger partial charge in [0, 0.05) is 6.04 Å². The Balaban J connectivity index is 1.80. The molecule has 3 heteroatoms. The first-order valence-electron chi connectivity index (χ1n) is 7.24. The van der Waals surface area contributed by atoms with E-state index in [0.29, 0.717) is 6.04 Å². The van der Waals surface area contributed by atoms with Gasteiger partial charge in [-0.15, -0.1) is 0 Å². The van der Waals surface area contributed by atoms with Crippen LogP contribution in [0.2, 0.25) is 0 Å². The Kier molecular flexibility index (Phi) is 5.23. The maximum atomic E-state index is 9.48. The van der Waals surface area contributed by atoms with Crippen molar-refractivity contribution < 1.29 is 9.84 Å². The smallest absolute Gasteiger partial charge is 0.122 e. The molecule has 0 radical (unpaired) electrons. The molecule has 1 aliphatic carbocycles. The molecule has 0 unspecified atom stereocenters. The lowest BCUT2D eigenvalue weighted by Gasteiger charge is -2.26. The maximum Gasteiger partial charge on any atom is 0.122 e. The molecule has 1 aliphatic rings. The van der Waals surface area contributed by atoms with E-state index in [-0.39, 0.29) is 6.10 Å². The first-order valence-corrected chi connectivity index (χ1v) is 7.24. The molecule has 0 spiro atoms. The fraction of sp³-hybridized carbons (Fsp3) is 0.625. The minimum absolute atomic E-state index is 0.0742. The SMILES string of the molecule is COc1ccc(C)cc1CCNC1CCC(O)CC1. The molecule has 1 aromatic carbocycles. The molecular formula is C16H25NO2. The number of rotatable bonds is 5. The molecule has 0 aromatic heterocycles. The van der Waals surface area contributed by atoms with Crippen molar-refractivity contribution in [2.75, 3.05) is 13.7 Å². The van der Waals surface area contributed by atoms with Gasteiger partial charge in [0.25, 0.3) is 0 Å². The molecule has 0 amide bonds. The van der Waals surface area contributed by atoms with E-state index in [4.69, 9.17) is 4.74 Å². The minimum Gasteiger partial charge on any atom is -0.496 e. The van der Waals surface area contributed by atoms with Gasteiger partial charge in [-0.3, -0.25) is 0 Å². The number of aliphatic hydroxyl groups is 1. The number of hydrogen-bond donors (Lipinski definition) is 2. The number of hydrogen-bond acceptors (Lipinski definition) is 3. The first-order chi connectivity index (χ1) is 9.19. The number of benzene rings is 1. The van der Waals surface area contributed by atoms with E-state index < -0.39 is 0 Å². The zero-order valence-electron chi connectivity index (χ0n) is 12.0. The summed E-state index contributed by atoms with van der Waals surface area (Å²) < 4.78 is 5.40. The standard InChI is InChI=1S/C16H25NO2/c1-12-3-8-16(19-2)13(11-12)9-10-17-14-4-6-15(18)7-5-14/h3,8,11,14-15,17-18H,4-7,9-10H2,1-2H3. The minimum atomic E-state index is -0.0742. The number of nitrogens with one attached hydrogen (secondary N) is 1. The third-order valence-corrected chi connectivity index (χ3v) is 3.96. The fourth-order valence-electron chi connectivity index (χ4n) is 2.79. The summed E-state index contributed by atoms with van der Waals surface area (Å²) in [6, 6.07) is 6.89. The molecule has 0 aliphatic heterocycles. The lowest BCUT2D eigenvalue weighted by atomic mass is 9.93. The fourth-order valence-corrected chi connectivity index (χ4v) is 2.79. The predicted molar refractivity (Wildman–Crippen MR) is 77.7 cm³/mol. The molecule has 0 atom stereocenters. The number of aliphatic hydroxyl groups excluding tert-OH is 1. The van der Waals surface area contributed by atoms with Crippen LogP contribution in [0.25, 0.3) is 0 Å². The van der Waals surface area contributed by atoms with Crippen LogP contribution in [0.1, 0.15) is 36.8 Å². The highest BCUT2D eigenvalue weighted by Gasteiger charge is 2.18. The van der Waals surface area contributed by atoms with Crippen LogP contribution in [-0.4, -0.2) is 30.9 Å². The maximum absolute atomic E-state index is 9.48. The zero-order valence-corrected chi connectivity index (χ0v) is 12.0. The molecule has 2 N–H and O–H groups in total. The second-order valence-corrected chi connectivity index (χ2v) is 5.52. The van der Waals surface area contributed by atoms with Gasteiger partial charge in [-0.2, -0.15) is 0 Å². The van der Waals surface area contributed by atoms with Crippen molar-refractivity contribution >= 4 is 0 Å². The highest BCUT2D eigenvalue weighted by molar-refractivity contribution is 5.37. The summed E-state index contributed by atoms with van der Waals surface area (Å²) in [4.78, 5) is 0. The van der Waals surface area contributed by atoms with Gasteiger partial charge >= 0.3 is 0 Å². The molecule has 0 bridgehead atoms. The van der Waals surface area contributed by atoms with Gasteiger partial charge < -0.3 is 15.2 Å². The third-order valence-electron chi connectivity index (χ3n) is 3.96. The Hall–Kier alpha value is -1.06. The summed E-state index contributed by atoms with van der Waals surface area (Å²) in [7, 11) is 1.73. The van der Waals surface area contributed by atoms with Gasteiger partial charge in [-0.1, -0.05) is 17.7 Å². The number of methoxy groups -OCH3 is 1. The van der Waals surface area contributed by atoms with Crippen molar-refractivity contribution in [3.05, 3.63) is 29.3 Å². The Morgan fingerprint density at radius 2 is 2.00 bits per heavy atom. The van der Waals surface area contributed by atoms with Crippen molar-refractivity contribution in [1.29, 1.82) is 0 Å². The summed E-state index contributed by atoms with van der Waals surface area (Å²) in [5.74, 6) is 0.978. The van der Waals surface area contributed by atoms with Crippen LogP contribution in [0.4, 0.5) is 0 Å². The summed E-state index contributed by atoms with van der Waals surface area (Å²) >= 11 is 0. The molecular weight excluding hydrogens is 238 g/mol. The zero-order chi connectivity index (χ0) is 13.7. The van der Waals surface area contributed by atoms with Gasteiger partial charge in [0.05, 0.1) is 13.2 Å². The topological polar surface area (TPSA) is 41.5 Å². The van der Waals surface area contributed by atoms with E-state index in [1.54, 1.807) is 7.11 Å². The average molecular weight is 263 g/mol. The van der Waals surface area contributed by atoms with Crippen molar-refractivity contribution in [3.63, 3.8) is 0 Å². The number of ether oxygens (including phenoxy) is 1. The molecule has 19 heavy (non-hydrogen) atoms. The van der Waals surface area contributed by atoms with E-state index in [9.17, 15) is 5.11 Å². The Morgan fingerprint density at radius 3 is 2.68 bits per heavy atom. The van der Waals surface area contributed by atoms with Crippen LogP contribution in [0.15, 0.2) is 18.2 Å². The molecule has 2 rings (SSSR count). The van der Waals surface area contributed by atoms with E-state index in [2.05, 4.69) is 24.4 Å². The lowest BCUT2D eigenvalue weighted by Crippen LogP contribution is -2.35. The molecule has 0 heterocycles. The Bertz CT molecular complexity index is 398. The monoisotopic (exact) mass is 263 g/mol.